The molecule has 0 spiro atoms. The zero-order valence-electron chi connectivity index (χ0n) is 11.6. The maximum absolute atomic E-state index is 11.3. The van der Waals surface area contributed by atoms with Crippen LogP contribution < -0.4 is 10.1 Å². The van der Waals surface area contributed by atoms with Gasteiger partial charge in [0.15, 0.2) is 0 Å². The van der Waals surface area contributed by atoms with Crippen LogP contribution in [0.4, 0.5) is 0 Å². The van der Waals surface area contributed by atoms with Crippen molar-refractivity contribution in [1.82, 2.24) is 5.32 Å². The number of hydrogen-bond acceptors (Lipinski definition) is 3. The van der Waals surface area contributed by atoms with Crippen molar-refractivity contribution in [2.45, 2.75) is 31.6 Å². The Morgan fingerprint density at radius 2 is 2.00 bits per heavy atom. The quantitative estimate of drug-likeness (QED) is 0.822. The van der Waals surface area contributed by atoms with Crippen molar-refractivity contribution in [2.24, 2.45) is 0 Å². The fraction of sp³-hybridized carbons (Fsp3) is 0.571. The molecule has 18 heavy (non-hydrogen) atoms. The van der Waals surface area contributed by atoms with Crippen LogP contribution in [-0.2, 0) is 17.2 Å². The highest BCUT2D eigenvalue weighted by atomic mass is 32.2. The molecule has 0 amide bonds. The third-order valence-corrected chi connectivity index (χ3v) is 4.34. The first kappa shape index (κ1) is 15.2. The summed E-state index contributed by atoms with van der Waals surface area (Å²) in [5, 5.41) is 3.60. The Hall–Kier alpha value is -0.870. The summed E-state index contributed by atoms with van der Waals surface area (Å²) < 4.78 is 16.6. The zero-order valence-corrected chi connectivity index (χ0v) is 12.4. The van der Waals surface area contributed by atoms with Crippen LogP contribution in [0.25, 0.3) is 0 Å². The summed E-state index contributed by atoms with van der Waals surface area (Å²) in [6, 6.07) is 8.40. The van der Waals surface area contributed by atoms with Gasteiger partial charge in [-0.15, -0.1) is 0 Å². The Morgan fingerprint density at radius 3 is 2.61 bits per heavy atom. The first-order valence-electron chi connectivity index (χ1n) is 6.22. The summed E-state index contributed by atoms with van der Waals surface area (Å²) in [7, 11) is 0.927. The summed E-state index contributed by atoms with van der Waals surface area (Å²) in [6.07, 6.45) is 2.66. The molecule has 3 unspecified atom stereocenters. The average Bonchev–Trinajstić information content (AvgIpc) is 2.36. The van der Waals surface area contributed by atoms with Gasteiger partial charge in [-0.25, -0.2) is 0 Å². The molecule has 0 bridgehead atoms. The Labute approximate surface area is 112 Å². The van der Waals surface area contributed by atoms with E-state index < -0.39 is 10.8 Å². The standard InChI is InChI=1S/C14H23NO2S/c1-11(15-10-12(2)18(4)16)9-13-7-5-6-8-14(13)17-3/h5-8,11-12,15H,9-10H2,1-4H3. The molecule has 0 aliphatic carbocycles. The topological polar surface area (TPSA) is 38.3 Å². The highest BCUT2D eigenvalue weighted by Gasteiger charge is 2.10. The van der Waals surface area contributed by atoms with Crippen molar-refractivity contribution in [1.29, 1.82) is 0 Å². The average molecular weight is 269 g/mol. The van der Waals surface area contributed by atoms with Gasteiger partial charge in [0.25, 0.3) is 0 Å². The largest absolute Gasteiger partial charge is 0.496 e. The van der Waals surface area contributed by atoms with Crippen molar-refractivity contribution in [2.75, 3.05) is 19.9 Å². The molecule has 0 saturated carbocycles. The molecule has 3 atom stereocenters. The molecule has 3 nitrogen and oxygen atoms in total. The Balaban J connectivity index is 2.49. The number of benzene rings is 1. The Morgan fingerprint density at radius 1 is 1.33 bits per heavy atom. The van der Waals surface area contributed by atoms with Crippen molar-refractivity contribution in [3.05, 3.63) is 29.8 Å². The molecule has 1 rings (SSSR count). The summed E-state index contributed by atoms with van der Waals surface area (Å²) in [5.41, 5.74) is 1.20. The van der Waals surface area contributed by atoms with Gasteiger partial charge in [0.05, 0.1) is 7.11 Å². The van der Waals surface area contributed by atoms with Crippen molar-refractivity contribution in [3.63, 3.8) is 0 Å². The monoisotopic (exact) mass is 269 g/mol. The van der Waals surface area contributed by atoms with E-state index >= 15 is 0 Å². The fourth-order valence-electron chi connectivity index (χ4n) is 1.76. The minimum atomic E-state index is -0.766. The van der Waals surface area contributed by atoms with Crippen LogP contribution in [0.1, 0.15) is 19.4 Å². The van der Waals surface area contributed by atoms with Crippen LogP contribution in [0.2, 0.25) is 0 Å². The van der Waals surface area contributed by atoms with Crippen LogP contribution >= 0.6 is 0 Å². The minimum absolute atomic E-state index is 0.185. The number of methoxy groups -OCH3 is 1. The molecule has 0 aliphatic rings. The number of ether oxygens (including phenoxy) is 1. The normalized spacial score (nSPS) is 16.0. The molecule has 1 aromatic carbocycles. The van der Waals surface area contributed by atoms with Crippen molar-refractivity contribution in [3.8, 4) is 5.75 Å². The van der Waals surface area contributed by atoms with E-state index in [0.717, 1.165) is 18.7 Å². The van der Waals surface area contributed by atoms with Crippen molar-refractivity contribution >= 4 is 10.8 Å². The second-order valence-electron chi connectivity index (χ2n) is 4.63. The highest BCUT2D eigenvalue weighted by Crippen LogP contribution is 2.18. The summed E-state index contributed by atoms with van der Waals surface area (Å²) in [5.74, 6) is 0.929. The zero-order chi connectivity index (χ0) is 13.5. The number of para-hydroxylation sites is 1. The SMILES string of the molecule is COc1ccccc1CC(C)NCC(C)S(C)=O. The molecule has 0 radical (unpaired) electrons. The molecule has 0 saturated heterocycles. The molecule has 1 aromatic rings. The lowest BCUT2D eigenvalue weighted by Crippen LogP contribution is -2.35. The maximum atomic E-state index is 11.3. The van der Waals surface area contributed by atoms with E-state index in [1.165, 1.54) is 5.56 Å². The van der Waals surface area contributed by atoms with Gasteiger partial charge in [0.2, 0.25) is 0 Å². The molecule has 1 N–H and O–H groups in total. The van der Waals surface area contributed by atoms with E-state index in [-0.39, 0.29) is 5.25 Å². The van der Waals surface area contributed by atoms with Gasteiger partial charge < -0.3 is 10.1 Å². The Kier molecular flexibility index (Phi) is 6.36. The van der Waals surface area contributed by atoms with E-state index in [9.17, 15) is 4.21 Å². The minimum Gasteiger partial charge on any atom is -0.496 e. The van der Waals surface area contributed by atoms with E-state index in [1.807, 2.05) is 25.1 Å². The van der Waals surface area contributed by atoms with Crippen LogP contribution in [0.15, 0.2) is 24.3 Å². The summed E-state index contributed by atoms with van der Waals surface area (Å²) in [6.45, 7) is 4.91. The van der Waals surface area contributed by atoms with E-state index in [2.05, 4.69) is 18.3 Å². The lowest BCUT2D eigenvalue weighted by Gasteiger charge is -2.17. The predicted molar refractivity (Wildman–Crippen MR) is 77.7 cm³/mol. The molecule has 0 aromatic heterocycles. The van der Waals surface area contributed by atoms with Gasteiger partial charge in [-0.3, -0.25) is 4.21 Å². The molecular formula is C14H23NO2S. The van der Waals surface area contributed by atoms with Crippen LogP contribution in [0.3, 0.4) is 0 Å². The van der Waals surface area contributed by atoms with E-state index in [0.29, 0.717) is 6.04 Å². The summed E-state index contributed by atoms with van der Waals surface area (Å²) >= 11 is 0. The molecule has 0 aliphatic heterocycles. The van der Waals surface area contributed by atoms with Gasteiger partial charge in [-0.05, 0) is 31.9 Å². The van der Waals surface area contributed by atoms with Gasteiger partial charge in [0.1, 0.15) is 5.75 Å². The molecule has 102 valence electrons. The first-order chi connectivity index (χ1) is 8.54. The second kappa shape index (κ2) is 7.54. The van der Waals surface area contributed by atoms with E-state index in [1.54, 1.807) is 13.4 Å². The Bertz CT molecular complexity index is 395. The highest BCUT2D eigenvalue weighted by molar-refractivity contribution is 7.84. The number of hydrogen-bond donors (Lipinski definition) is 1. The second-order valence-corrected chi connectivity index (χ2v) is 6.44. The molecule has 0 fully saturated rings. The number of rotatable bonds is 7. The molecule has 4 heteroatoms. The van der Waals surface area contributed by atoms with Gasteiger partial charge in [0, 0.05) is 34.9 Å². The van der Waals surface area contributed by atoms with Gasteiger partial charge in [-0.2, -0.15) is 0 Å². The first-order valence-corrected chi connectivity index (χ1v) is 7.84. The molecular weight excluding hydrogens is 246 g/mol. The van der Waals surface area contributed by atoms with Crippen LogP contribution in [-0.4, -0.2) is 35.4 Å². The maximum Gasteiger partial charge on any atom is 0.122 e. The third kappa shape index (κ3) is 4.78. The van der Waals surface area contributed by atoms with Crippen LogP contribution in [0, 0.1) is 0 Å². The van der Waals surface area contributed by atoms with Crippen molar-refractivity contribution < 1.29 is 8.95 Å². The number of nitrogens with one attached hydrogen (secondary N) is 1. The fourth-order valence-corrected chi connectivity index (χ4v) is 2.09. The lowest BCUT2D eigenvalue weighted by molar-refractivity contribution is 0.406. The van der Waals surface area contributed by atoms with Gasteiger partial charge >= 0.3 is 0 Å². The van der Waals surface area contributed by atoms with E-state index in [4.69, 9.17) is 4.74 Å². The summed E-state index contributed by atoms with van der Waals surface area (Å²) in [4.78, 5) is 0. The lowest BCUT2D eigenvalue weighted by atomic mass is 10.1. The van der Waals surface area contributed by atoms with Gasteiger partial charge in [-0.1, -0.05) is 18.2 Å². The smallest absolute Gasteiger partial charge is 0.122 e. The third-order valence-electron chi connectivity index (χ3n) is 3.04. The predicted octanol–water partition coefficient (Wildman–Crippen LogP) is 1.98. The van der Waals surface area contributed by atoms with Crippen LogP contribution in [0.5, 0.6) is 5.75 Å². The molecule has 0 heterocycles.